The number of fused-ring (bicyclic) bond motifs is 6. The van der Waals surface area contributed by atoms with Gasteiger partial charge in [0.15, 0.2) is 17.5 Å². The second kappa shape index (κ2) is 11.6. The van der Waals surface area contributed by atoms with E-state index in [2.05, 4.69) is 0 Å². The van der Waals surface area contributed by atoms with Crippen molar-refractivity contribution in [2.24, 2.45) is 0 Å². The molecule has 0 aliphatic rings. The lowest BCUT2D eigenvalue weighted by Gasteiger charge is -2.11. The first-order valence-electron chi connectivity index (χ1n) is 21.7. The highest BCUT2D eigenvalue weighted by Gasteiger charge is 2.19. The largest absolute Gasteiger partial charge is 0.309 e. The molecule has 0 aliphatic carbocycles. The van der Waals surface area contributed by atoms with Crippen LogP contribution in [0.2, 0.25) is 0 Å². The molecule has 4 nitrogen and oxygen atoms in total. The van der Waals surface area contributed by atoms with Crippen LogP contribution in [0.4, 0.5) is 0 Å². The number of hydrogen-bond acceptors (Lipinski definition) is 4. The van der Waals surface area contributed by atoms with Gasteiger partial charge in [0.1, 0.15) is 0 Å². The number of benzene rings is 7. The molecule has 10 aromatic rings. The van der Waals surface area contributed by atoms with Crippen molar-refractivity contribution in [2.45, 2.75) is 0 Å². The molecule has 7 aromatic carbocycles. The van der Waals surface area contributed by atoms with E-state index < -0.39 is 78.2 Å². The molecule has 0 radical (unpaired) electrons. The zero-order valence-electron chi connectivity index (χ0n) is 37.9. The first-order valence-corrected chi connectivity index (χ1v) is 16.5. The summed E-state index contributed by atoms with van der Waals surface area (Å²) in [7, 11) is 0. The fraction of sp³-hybridized carbons (Fsp3) is 0. The van der Waals surface area contributed by atoms with E-state index in [1.807, 2.05) is 97.1 Å². The maximum Gasteiger partial charge on any atom is 0.165 e. The standard InChI is InChI=1S/C45H28N4S/c1-3-13-29(14-4-1)30-15-11-16-31(27-30)43-46-44(48-45(47-43)38-22-12-21-37-36-20-8-10-24-41(36)50-42(37)38)32-25-26-35-34-19-7-9-23-39(34)49(40(35)28-32)33-17-5-2-6-18-33/h1-28H/i2D,5D,6D,7D,9D,17D,18D,19D,23D,25D,26D,28D. The Bertz CT molecular complexity index is 3540. The third kappa shape index (κ3) is 4.71. The predicted molar refractivity (Wildman–Crippen MR) is 209 cm³/mol. The van der Waals surface area contributed by atoms with E-state index in [0.29, 0.717) is 11.1 Å². The molecular formula is C45H28N4S. The lowest BCUT2D eigenvalue weighted by atomic mass is 10.0. The number of thiophene rings is 1. The molecule has 0 bridgehead atoms. The quantitative estimate of drug-likeness (QED) is 0.183. The van der Waals surface area contributed by atoms with Crippen LogP contribution in [0.3, 0.4) is 0 Å². The summed E-state index contributed by atoms with van der Waals surface area (Å²) >= 11 is 1.56. The molecule has 0 saturated heterocycles. The molecular weight excluding hydrogens is 629 g/mol. The van der Waals surface area contributed by atoms with Gasteiger partial charge in [-0.15, -0.1) is 11.3 Å². The monoisotopic (exact) mass is 668 g/mol. The maximum absolute atomic E-state index is 9.88. The topological polar surface area (TPSA) is 43.6 Å². The van der Waals surface area contributed by atoms with Crippen LogP contribution in [0.1, 0.15) is 16.4 Å². The Hall–Kier alpha value is -6.43. The zero-order chi connectivity index (χ0) is 43.5. The van der Waals surface area contributed by atoms with E-state index in [9.17, 15) is 4.11 Å². The SMILES string of the molecule is [2H]c1c([2H])c([2H])c(-n2c3c([2H])c([2H])c([2H])c([2H])c3c3c([2H])c([2H])c(-c4nc(-c5cccc(-c6ccccc6)c5)nc(-c5cccc6c5sc5ccccc56)n4)c([2H])c32)c([2H])c1[2H]. The maximum atomic E-state index is 9.88. The fourth-order valence-corrected chi connectivity index (χ4v) is 7.54. The summed E-state index contributed by atoms with van der Waals surface area (Å²) < 4.78 is 110. The van der Waals surface area contributed by atoms with Crippen LogP contribution < -0.4 is 0 Å². The first-order chi connectivity index (χ1) is 29.8. The molecule has 50 heavy (non-hydrogen) atoms. The highest BCUT2D eigenvalue weighted by molar-refractivity contribution is 7.26. The van der Waals surface area contributed by atoms with Gasteiger partial charge in [0, 0.05) is 53.3 Å². The molecule has 3 aromatic heterocycles. The van der Waals surface area contributed by atoms with Gasteiger partial charge in [-0.05, 0) is 53.5 Å². The van der Waals surface area contributed by atoms with Gasteiger partial charge >= 0.3 is 0 Å². The van der Waals surface area contributed by atoms with Crippen molar-refractivity contribution in [3.05, 3.63) is 170 Å². The van der Waals surface area contributed by atoms with Gasteiger partial charge in [0.05, 0.1) is 27.5 Å². The third-order valence-corrected chi connectivity index (χ3v) is 9.82. The minimum atomic E-state index is -0.716. The normalized spacial score (nSPS) is 15.0. The second-order valence-corrected chi connectivity index (χ2v) is 12.6. The highest BCUT2D eigenvalue weighted by atomic mass is 32.1. The number of nitrogens with zero attached hydrogens (tertiary/aromatic N) is 4. The Labute approximate surface area is 309 Å². The molecule has 5 heteroatoms. The van der Waals surface area contributed by atoms with E-state index in [1.54, 1.807) is 11.3 Å². The summed E-state index contributed by atoms with van der Waals surface area (Å²) in [5.41, 5.74) is 1.68. The minimum Gasteiger partial charge on any atom is -0.309 e. The predicted octanol–water partition coefficient (Wildman–Crippen LogP) is 12.0. The Balaban J connectivity index is 1.34. The van der Waals surface area contributed by atoms with Gasteiger partial charge in [0.25, 0.3) is 0 Å². The van der Waals surface area contributed by atoms with E-state index >= 15 is 0 Å². The third-order valence-electron chi connectivity index (χ3n) is 8.60. The van der Waals surface area contributed by atoms with Crippen molar-refractivity contribution in [3.63, 3.8) is 0 Å². The van der Waals surface area contributed by atoms with Gasteiger partial charge in [-0.25, -0.2) is 15.0 Å². The van der Waals surface area contributed by atoms with E-state index in [1.165, 1.54) is 0 Å². The van der Waals surface area contributed by atoms with Crippen LogP contribution in [0.15, 0.2) is 170 Å². The first kappa shape index (κ1) is 18.9. The van der Waals surface area contributed by atoms with Crippen molar-refractivity contribution in [1.29, 1.82) is 0 Å². The van der Waals surface area contributed by atoms with Crippen molar-refractivity contribution in [3.8, 4) is 51.0 Å². The molecule has 0 N–H and O–H groups in total. The summed E-state index contributed by atoms with van der Waals surface area (Å²) in [6.07, 6.45) is 0. The molecule has 3 heterocycles. The van der Waals surface area contributed by atoms with Crippen molar-refractivity contribution in [2.75, 3.05) is 0 Å². The van der Waals surface area contributed by atoms with Crippen LogP contribution in [-0.4, -0.2) is 19.5 Å². The van der Waals surface area contributed by atoms with Crippen LogP contribution in [-0.2, 0) is 0 Å². The minimum absolute atomic E-state index is 0.170. The Morgan fingerprint density at radius 2 is 1.16 bits per heavy atom. The van der Waals surface area contributed by atoms with Crippen LogP contribution in [0, 0.1) is 0 Å². The lowest BCUT2D eigenvalue weighted by molar-refractivity contribution is 1.08. The molecule has 10 rings (SSSR count). The average molecular weight is 669 g/mol. The fourth-order valence-electron chi connectivity index (χ4n) is 6.33. The molecule has 0 atom stereocenters. The van der Waals surface area contributed by atoms with E-state index in [0.717, 1.165) is 35.9 Å². The van der Waals surface area contributed by atoms with Gasteiger partial charge < -0.3 is 4.57 Å². The summed E-state index contributed by atoms with van der Waals surface area (Å²) in [5.74, 6) is 0.233. The summed E-state index contributed by atoms with van der Waals surface area (Å²) in [4.78, 5) is 14.8. The molecule has 0 amide bonds. The van der Waals surface area contributed by atoms with Gasteiger partial charge in [-0.2, -0.15) is 0 Å². The van der Waals surface area contributed by atoms with E-state index in [-0.39, 0.29) is 44.8 Å². The number of rotatable bonds is 5. The number of para-hydroxylation sites is 2. The molecule has 0 aliphatic heterocycles. The van der Waals surface area contributed by atoms with Crippen molar-refractivity contribution >= 4 is 53.3 Å². The lowest BCUT2D eigenvalue weighted by Crippen LogP contribution is -2.01. The van der Waals surface area contributed by atoms with E-state index in [4.69, 9.17) is 27.3 Å². The molecule has 0 spiro atoms. The molecule has 0 unspecified atom stereocenters. The Morgan fingerprint density at radius 3 is 2.06 bits per heavy atom. The van der Waals surface area contributed by atoms with Gasteiger partial charge in [-0.1, -0.05) is 127 Å². The molecule has 0 saturated carbocycles. The second-order valence-electron chi connectivity index (χ2n) is 11.5. The van der Waals surface area contributed by atoms with Crippen LogP contribution >= 0.6 is 11.3 Å². The Kier molecular flexibility index (Phi) is 4.40. The van der Waals surface area contributed by atoms with Gasteiger partial charge in [-0.3, -0.25) is 0 Å². The highest BCUT2D eigenvalue weighted by Crippen LogP contribution is 2.40. The van der Waals surface area contributed by atoms with Gasteiger partial charge in [0.2, 0.25) is 0 Å². The van der Waals surface area contributed by atoms with Crippen molar-refractivity contribution in [1.82, 2.24) is 19.5 Å². The average Bonchev–Trinajstić information content (AvgIpc) is 3.86. The molecule has 0 fully saturated rings. The van der Waals surface area contributed by atoms with Crippen LogP contribution in [0.5, 0.6) is 0 Å². The summed E-state index contributed by atoms with van der Waals surface area (Å²) in [6.45, 7) is 0. The summed E-state index contributed by atoms with van der Waals surface area (Å²) in [5, 5.41) is 1.53. The Morgan fingerprint density at radius 1 is 0.480 bits per heavy atom. The molecule has 234 valence electrons. The number of hydrogen-bond donors (Lipinski definition) is 0. The zero-order valence-corrected chi connectivity index (χ0v) is 26.8. The smallest absolute Gasteiger partial charge is 0.165 e. The van der Waals surface area contributed by atoms with Crippen LogP contribution in [0.25, 0.3) is 93.0 Å². The number of aromatic nitrogens is 4. The summed E-state index contributed by atoms with van der Waals surface area (Å²) in [6, 6.07) is 23.4. The van der Waals surface area contributed by atoms with Crippen molar-refractivity contribution < 1.29 is 16.4 Å².